The number of benzene rings is 2. The minimum atomic E-state index is -0.257. The number of anilines is 1. The summed E-state index contributed by atoms with van der Waals surface area (Å²) in [4.78, 5) is 25.2. The first kappa shape index (κ1) is 21.4. The number of imidazole rings is 1. The summed E-state index contributed by atoms with van der Waals surface area (Å²) in [6, 6.07) is 12.0. The van der Waals surface area contributed by atoms with Gasteiger partial charge in [0, 0.05) is 24.5 Å². The van der Waals surface area contributed by atoms with Gasteiger partial charge >= 0.3 is 0 Å². The Morgan fingerprint density at radius 3 is 2.94 bits per heavy atom. The second-order valence-electron chi connectivity index (χ2n) is 8.86. The second-order valence-corrected chi connectivity index (χ2v) is 8.86. The van der Waals surface area contributed by atoms with E-state index in [9.17, 15) is 4.79 Å². The lowest BCUT2D eigenvalue weighted by atomic mass is 10.1. The highest BCUT2D eigenvalue weighted by molar-refractivity contribution is 6.03. The van der Waals surface area contributed by atoms with Crippen LogP contribution in [-0.2, 0) is 13.1 Å². The largest absolute Gasteiger partial charge is 0.439 e. The number of piperidine rings is 1. The molecule has 9 nitrogen and oxygen atoms in total. The first-order valence-corrected chi connectivity index (χ1v) is 11.8. The van der Waals surface area contributed by atoms with Crippen molar-refractivity contribution in [2.45, 2.75) is 38.9 Å². The smallest absolute Gasteiger partial charge is 0.293 e. The Morgan fingerprint density at radius 1 is 1.20 bits per heavy atom. The number of hydrogen-bond donors (Lipinski definition) is 1. The van der Waals surface area contributed by atoms with Crippen molar-refractivity contribution in [2.24, 2.45) is 5.73 Å². The molecule has 2 N–H and O–H groups in total. The van der Waals surface area contributed by atoms with Crippen LogP contribution in [0.15, 0.2) is 51.8 Å². The molecule has 4 heterocycles. The molecule has 1 saturated heterocycles. The van der Waals surface area contributed by atoms with Crippen LogP contribution in [0.3, 0.4) is 0 Å². The van der Waals surface area contributed by atoms with Crippen LogP contribution in [-0.4, -0.2) is 43.4 Å². The summed E-state index contributed by atoms with van der Waals surface area (Å²) >= 11 is 0. The van der Waals surface area contributed by atoms with Crippen LogP contribution in [0.1, 0.15) is 25.7 Å². The Labute approximate surface area is 201 Å². The van der Waals surface area contributed by atoms with Crippen LogP contribution in [0, 0.1) is 11.8 Å². The maximum atomic E-state index is 13.6. The molecule has 0 unspecified atom stereocenters. The lowest BCUT2D eigenvalue weighted by Gasteiger charge is -2.31. The van der Waals surface area contributed by atoms with Gasteiger partial charge < -0.3 is 15.1 Å². The highest BCUT2D eigenvalue weighted by Gasteiger charge is 2.24. The molecule has 3 aromatic heterocycles. The molecule has 0 radical (unpaired) electrons. The summed E-state index contributed by atoms with van der Waals surface area (Å²) in [7, 11) is 0. The average Bonchev–Trinajstić information content (AvgIpc) is 3.46. The van der Waals surface area contributed by atoms with Gasteiger partial charge in [-0.3, -0.25) is 9.36 Å². The summed E-state index contributed by atoms with van der Waals surface area (Å²) in [6.07, 6.45) is 3.59. The Bertz CT molecular complexity index is 1680. The summed E-state index contributed by atoms with van der Waals surface area (Å²) < 4.78 is 9.23. The van der Waals surface area contributed by atoms with Crippen molar-refractivity contribution in [3.05, 3.63) is 58.8 Å². The number of hydrogen-bond acceptors (Lipinski definition) is 7. The van der Waals surface area contributed by atoms with Crippen LogP contribution >= 0.6 is 0 Å². The van der Waals surface area contributed by atoms with E-state index in [1.165, 1.54) is 4.68 Å². The van der Waals surface area contributed by atoms with Gasteiger partial charge in [-0.2, -0.15) is 5.10 Å². The molecule has 5 aromatic rings. The quantitative estimate of drug-likeness (QED) is 0.405. The first-order chi connectivity index (χ1) is 17.1. The van der Waals surface area contributed by atoms with Crippen LogP contribution in [0.2, 0.25) is 0 Å². The minimum Gasteiger partial charge on any atom is -0.439 e. The van der Waals surface area contributed by atoms with Crippen molar-refractivity contribution in [1.29, 1.82) is 0 Å². The van der Waals surface area contributed by atoms with E-state index in [1.54, 1.807) is 13.1 Å². The Hall–Kier alpha value is -4.16. The van der Waals surface area contributed by atoms with E-state index < -0.39 is 0 Å². The summed E-state index contributed by atoms with van der Waals surface area (Å²) in [5, 5.41) is 6.47. The first-order valence-electron chi connectivity index (χ1n) is 11.8. The lowest BCUT2D eigenvalue weighted by molar-refractivity contribution is 0.482. The van der Waals surface area contributed by atoms with Crippen LogP contribution in [0.25, 0.3) is 32.9 Å². The monoisotopic (exact) mass is 467 g/mol. The number of fused-ring (bicyclic) bond motifs is 4. The zero-order chi connectivity index (χ0) is 23.9. The predicted molar refractivity (Wildman–Crippen MR) is 135 cm³/mol. The fourth-order valence-corrected chi connectivity index (χ4v) is 4.83. The van der Waals surface area contributed by atoms with Gasteiger partial charge in [0.15, 0.2) is 5.58 Å². The highest BCUT2D eigenvalue weighted by atomic mass is 16.3. The van der Waals surface area contributed by atoms with Crippen LogP contribution in [0.4, 0.5) is 5.95 Å². The molecule has 0 saturated carbocycles. The average molecular weight is 468 g/mol. The maximum absolute atomic E-state index is 13.6. The molecule has 1 aliphatic rings. The maximum Gasteiger partial charge on any atom is 0.293 e. The van der Waals surface area contributed by atoms with Crippen molar-refractivity contribution < 1.29 is 4.42 Å². The van der Waals surface area contributed by atoms with Gasteiger partial charge in [0.25, 0.3) is 5.56 Å². The van der Waals surface area contributed by atoms with Gasteiger partial charge in [-0.1, -0.05) is 36.3 Å². The molecular weight excluding hydrogens is 442 g/mol. The Balaban J connectivity index is 1.43. The molecule has 1 fully saturated rings. The van der Waals surface area contributed by atoms with Gasteiger partial charge in [0.05, 0.1) is 12.7 Å². The summed E-state index contributed by atoms with van der Waals surface area (Å²) in [5.41, 5.74) is 8.43. The predicted octanol–water partition coefficient (Wildman–Crippen LogP) is 2.89. The number of rotatable bonds is 4. The SMILES string of the molecule is CC#CCn1c(N2CCC[C@@H](N)C2)nc2cnn(Cc3nc4c(ccc5ccccc54)o3)c(=O)c21. The van der Waals surface area contributed by atoms with Crippen molar-refractivity contribution >= 4 is 38.9 Å². The number of aromatic nitrogens is 5. The van der Waals surface area contributed by atoms with Crippen LogP contribution in [0.5, 0.6) is 0 Å². The molecule has 176 valence electrons. The van der Waals surface area contributed by atoms with E-state index >= 15 is 0 Å². The Morgan fingerprint density at radius 2 is 2.09 bits per heavy atom. The van der Waals surface area contributed by atoms with Crippen molar-refractivity contribution in [2.75, 3.05) is 18.0 Å². The van der Waals surface area contributed by atoms with E-state index in [-0.39, 0.29) is 18.1 Å². The van der Waals surface area contributed by atoms with Crippen LogP contribution < -0.4 is 16.2 Å². The highest BCUT2D eigenvalue weighted by Crippen LogP contribution is 2.26. The van der Waals surface area contributed by atoms with Crippen molar-refractivity contribution in [1.82, 2.24) is 24.3 Å². The molecule has 1 aliphatic heterocycles. The molecule has 0 amide bonds. The van der Waals surface area contributed by atoms with Gasteiger partial charge in [-0.15, -0.1) is 5.92 Å². The second kappa shape index (κ2) is 8.56. The topological polar surface area (TPSA) is 108 Å². The van der Waals surface area contributed by atoms with Gasteiger partial charge in [-0.05, 0) is 31.2 Å². The minimum absolute atomic E-state index is 0.0827. The third kappa shape index (κ3) is 3.72. The van der Waals surface area contributed by atoms with E-state index in [2.05, 4.69) is 26.8 Å². The van der Waals surface area contributed by atoms with E-state index in [1.807, 2.05) is 41.0 Å². The third-order valence-corrected chi connectivity index (χ3v) is 6.50. The Kier molecular flexibility index (Phi) is 5.23. The number of nitrogens with zero attached hydrogens (tertiary/aromatic N) is 6. The third-order valence-electron chi connectivity index (χ3n) is 6.50. The van der Waals surface area contributed by atoms with Gasteiger partial charge in [0.1, 0.15) is 23.1 Å². The van der Waals surface area contributed by atoms with Gasteiger partial charge in [-0.25, -0.2) is 14.6 Å². The molecule has 1 atom stereocenters. The fourth-order valence-electron chi connectivity index (χ4n) is 4.83. The molecule has 6 rings (SSSR count). The molecule has 0 aliphatic carbocycles. The zero-order valence-corrected chi connectivity index (χ0v) is 19.4. The summed E-state index contributed by atoms with van der Waals surface area (Å²) in [5.74, 6) is 7.14. The van der Waals surface area contributed by atoms with Crippen molar-refractivity contribution in [3.8, 4) is 11.8 Å². The zero-order valence-electron chi connectivity index (χ0n) is 19.4. The summed E-state index contributed by atoms with van der Waals surface area (Å²) in [6.45, 7) is 3.80. The molecular formula is C26H25N7O2. The molecule has 35 heavy (non-hydrogen) atoms. The van der Waals surface area contributed by atoms with Gasteiger partial charge in [0.2, 0.25) is 11.8 Å². The number of nitrogens with two attached hydrogens (primary N) is 1. The molecule has 9 heteroatoms. The van der Waals surface area contributed by atoms with Crippen molar-refractivity contribution in [3.63, 3.8) is 0 Å². The van der Waals surface area contributed by atoms with E-state index in [0.717, 1.165) is 35.7 Å². The van der Waals surface area contributed by atoms with E-state index in [0.29, 0.717) is 41.5 Å². The number of oxazole rings is 1. The lowest BCUT2D eigenvalue weighted by Crippen LogP contribution is -2.44. The molecule has 0 bridgehead atoms. The van der Waals surface area contributed by atoms with E-state index in [4.69, 9.17) is 15.1 Å². The fraction of sp³-hybridized carbons (Fsp3) is 0.308. The molecule has 0 spiro atoms. The molecule has 2 aromatic carbocycles. The normalized spacial score (nSPS) is 16.2. The standard InChI is InChI=1S/C26H25N7O2/c1-2-3-13-32-24-20(29-26(32)31-12-6-8-18(27)15-31)14-28-33(25(24)34)16-22-30-23-19-9-5-4-7-17(19)10-11-21(23)35-22/h4-5,7,9-11,14,18H,6,8,12-13,15-16,27H2,1H3/t18-/m1/s1.